The summed E-state index contributed by atoms with van der Waals surface area (Å²) in [7, 11) is -3.83. The van der Waals surface area contributed by atoms with Gasteiger partial charge in [0.05, 0.1) is 5.75 Å². The first-order valence-electron chi connectivity index (χ1n) is 6.23. The number of benzene rings is 2. The minimum atomic E-state index is -3.83. The van der Waals surface area contributed by atoms with Crippen molar-refractivity contribution < 1.29 is 13.0 Å². The fourth-order valence-electron chi connectivity index (χ4n) is 2.01. The number of nitrogens with one attached hydrogen (secondary N) is 1. The molecule has 0 aliphatic heterocycles. The molecular formula is C14H17NO3S. The van der Waals surface area contributed by atoms with E-state index < -0.39 is 10.1 Å². The zero-order valence-corrected chi connectivity index (χ0v) is 11.4. The second-order valence-corrected chi connectivity index (χ2v) is 6.02. The van der Waals surface area contributed by atoms with Crippen LogP contribution in [0.15, 0.2) is 42.5 Å². The lowest BCUT2D eigenvalue weighted by Crippen LogP contribution is -2.07. The van der Waals surface area contributed by atoms with E-state index in [1.54, 1.807) is 0 Å². The first-order valence-corrected chi connectivity index (χ1v) is 7.84. The molecule has 5 heteroatoms. The normalized spacial score (nSPS) is 11.6. The van der Waals surface area contributed by atoms with Crippen LogP contribution in [0.4, 0.5) is 5.69 Å². The van der Waals surface area contributed by atoms with Crippen LogP contribution in [-0.4, -0.2) is 25.3 Å². The number of rotatable bonds is 6. The van der Waals surface area contributed by atoms with Crippen molar-refractivity contribution in [2.45, 2.75) is 12.8 Å². The van der Waals surface area contributed by atoms with Crippen LogP contribution in [0, 0.1) is 0 Å². The Hall–Kier alpha value is -1.59. The Morgan fingerprint density at radius 1 is 1.00 bits per heavy atom. The van der Waals surface area contributed by atoms with E-state index in [0.717, 1.165) is 11.1 Å². The standard InChI is InChI=1S/C14H17NO3S/c16-19(17,18)11-4-3-10-15-14-9-5-7-12-6-1-2-8-13(12)14/h1-2,5-9,15H,3-4,10-11H2,(H,16,17,18). The van der Waals surface area contributed by atoms with E-state index >= 15 is 0 Å². The maximum absolute atomic E-state index is 10.6. The van der Waals surface area contributed by atoms with E-state index in [4.69, 9.17) is 4.55 Å². The summed E-state index contributed by atoms with van der Waals surface area (Å²) >= 11 is 0. The van der Waals surface area contributed by atoms with Crippen molar-refractivity contribution >= 4 is 26.6 Å². The van der Waals surface area contributed by atoms with Crippen LogP contribution in [-0.2, 0) is 10.1 Å². The topological polar surface area (TPSA) is 66.4 Å². The smallest absolute Gasteiger partial charge is 0.264 e. The summed E-state index contributed by atoms with van der Waals surface area (Å²) in [6.45, 7) is 0.684. The molecule has 102 valence electrons. The zero-order valence-electron chi connectivity index (χ0n) is 10.5. The van der Waals surface area contributed by atoms with E-state index in [9.17, 15) is 8.42 Å². The molecule has 0 bridgehead atoms. The van der Waals surface area contributed by atoms with Crippen molar-refractivity contribution in [2.24, 2.45) is 0 Å². The highest BCUT2D eigenvalue weighted by molar-refractivity contribution is 7.85. The van der Waals surface area contributed by atoms with Gasteiger partial charge in [0.1, 0.15) is 0 Å². The highest BCUT2D eigenvalue weighted by Gasteiger charge is 2.03. The second-order valence-electron chi connectivity index (χ2n) is 4.45. The summed E-state index contributed by atoms with van der Waals surface area (Å²) in [5.41, 5.74) is 1.05. The Labute approximate surface area is 113 Å². The molecule has 0 aliphatic rings. The monoisotopic (exact) mass is 279 g/mol. The average molecular weight is 279 g/mol. The van der Waals surface area contributed by atoms with Gasteiger partial charge in [0.15, 0.2) is 0 Å². The van der Waals surface area contributed by atoms with Crippen molar-refractivity contribution in [1.82, 2.24) is 0 Å². The first kappa shape index (κ1) is 13.8. The molecule has 0 unspecified atom stereocenters. The quantitative estimate of drug-likeness (QED) is 0.630. The Morgan fingerprint density at radius 3 is 2.53 bits per heavy atom. The molecule has 0 saturated carbocycles. The van der Waals surface area contributed by atoms with Gasteiger partial charge in [-0.2, -0.15) is 8.42 Å². The number of unbranched alkanes of at least 4 members (excludes halogenated alkanes) is 1. The fraction of sp³-hybridized carbons (Fsp3) is 0.286. The van der Waals surface area contributed by atoms with Crippen LogP contribution in [0.5, 0.6) is 0 Å². The molecule has 0 saturated heterocycles. The van der Waals surface area contributed by atoms with Gasteiger partial charge >= 0.3 is 0 Å². The van der Waals surface area contributed by atoms with Crippen LogP contribution in [0.3, 0.4) is 0 Å². The van der Waals surface area contributed by atoms with Gasteiger partial charge in [-0.1, -0.05) is 36.4 Å². The minimum absolute atomic E-state index is 0.176. The molecular weight excluding hydrogens is 262 g/mol. The minimum Gasteiger partial charge on any atom is -0.385 e. The van der Waals surface area contributed by atoms with Gasteiger partial charge in [-0.3, -0.25) is 4.55 Å². The Kier molecular flexibility index (Phi) is 4.39. The predicted octanol–water partition coefficient (Wildman–Crippen LogP) is 2.92. The van der Waals surface area contributed by atoms with Crippen LogP contribution >= 0.6 is 0 Å². The number of anilines is 1. The lowest BCUT2D eigenvalue weighted by molar-refractivity contribution is 0.480. The molecule has 2 aromatic carbocycles. The molecule has 0 aromatic heterocycles. The Bertz CT molecular complexity index is 647. The largest absolute Gasteiger partial charge is 0.385 e. The van der Waals surface area contributed by atoms with Gasteiger partial charge in [0.25, 0.3) is 10.1 Å². The van der Waals surface area contributed by atoms with E-state index in [1.807, 2.05) is 24.3 Å². The van der Waals surface area contributed by atoms with Gasteiger partial charge in [-0.05, 0) is 24.3 Å². The fourth-order valence-corrected chi connectivity index (χ4v) is 2.58. The molecule has 0 fully saturated rings. The molecule has 0 spiro atoms. The van der Waals surface area contributed by atoms with Crippen LogP contribution in [0.1, 0.15) is 12.8 Å². The summed E-state index contributed by atoms with van der Waals surface area (Å²) in [5.74, 6) is -0.176. The lowest BCUT2D eigenvalue weighted by Gasteiger charge is -2.09. The predicted molar refractivity (Wildman–Crippen MR) is 78.1 cm³/mol. The molecule has 2 N–H and O–H groups in total. The van der Waals surface area contributed by atoms with Crippen molar-refractivity contribution in [3.05, 3.63) is 42.5 Å². The van der Waals surface area contributed by atoms with Gasteiger partial charge in [0.2, 0.25) is 0 Å². The summed E-state index contributed by atoms with van der Waals surface area (Å²) in [6, 6.07) is 14.1. The van der Waals surface area contributed by atoms with Crippen molar-refractivity contribution in [2.75, 3.05) is 17.6 Å². The molecule has 0 amide bonds. The van der Waals surface area contributed by atoms with E-state index in [1.165, 1.54) is 5.39 Å². The van der Waals surface area contributed by atoms with Crippen molar-refractivity contribution in [3.8, 4) is 0 Å². The first-order chi connectivity index (χ1) is 9.06. The highest BCUT2D eigenvalue weighted by Crippen LogP contribution is 2.22. The van der Waals surface area contributed by atoms with E-state index in [2.05, 4.69) is 23.5 Å². The SMILES string of the molecule is O=S(=O)(O)CCCCNc1cccc2ccccc12. The maximum atomic E-state index is 10.6. The third kappa shape index (κ3) is 4.22. The summed E-state index contributed by atoms with van der Waals surface area (Å²) < 4.78 is 29.8. The van der Waals surface area contributed by atoms with Crippen molar-refractivity contribution in [1.29, 1.82) is 0 Å². The molecule has 0 aliphatic carbocycles. The van der Waals surface area contributed by atoms with Gasteiger partial charge in [0, 0.05) is 17.6 Å². The summed E-state index contributed by atoms with van der Waals surface area (Å²) in [5, 5.41) is 5.62. The third-order valence-corrected chi connectivity index (χ3v) is 3.74. The molecule has 0 heterocycles. The molecule has 0 radical (unpaired) electrons. The molecule has 19 heavy (non-hydrogen) atoms. The Morgan fingerprint density at radius 2 is 1.74 bits per heavy atom. The average Bonchev–Trinajstić information content (AvgIpc) is 2.37. The van der Waals surface area contributed by atoms with Crippen LogP contribution in [0.2, 0.25) is 0 Å². The van der Waals surface area contributed by atoms with Crippen LogP contribution in [0.25, 0.3) is 10.8 Å². The molecule has 4 nitrogen and oxygen atoms in total. The zero-order chi connectivity index (χ0) is 13.7. The summed E-state index contributed by atoms with van der Waals surface area (Å²) in [6.07, 6.45) is 1.15. The van der Waals surface area contributed by atoms with Gasteiger partial charge in [-0.25, -0.2) is 0 Å². The molecule has 2 rings (SSSR count). The van der Waals surface area contributed by atoms with E-state index in [-0.39, 0.29) is 5.75 Å². The third-order valence-electron chi connectivity index (χ3n) is 2.93. The van der Waals surface area contributed by atoms with Gasteiger partial charge in [-0.15, -0.1) is 0 Å². The molecule has 0 atom stereocenters. The molecule has 2 aromatic rings. The number of hydrogen-bond acceptors (Lipinski definition) is 3. The Balaban J connectivity index is 1.92. The van der Waals surface area contributed by atoms with Crippen molar-refractivity contribution in [3.63, 3.8) is 0 Å². The lowest BCUT2D eigenvalue weighted by atomic mass is 10.1. The summed E-state index contributed by atoms with van der Waals surface area (Å²) in [4.78, 5) is 0. The second kappa shape index (κ2) is 6.04. The highest BCUT2D eigenvalue weighted by atomic mass is 32.2. The number of fused-ring (bicyclic) bond motifs is 1. The van der Waals surface area contributed by atoms with Gasteiger partial charge < -0.3 is 5.32 Å². The van der Waals surface area contributed by atoms with Crippen LogP contribution < -0.4 is 5.32 Å². The van der Waals surface area contributed by atoms with E-state index in [0.29, 0.717) is 19.4 Å². The number of hydrogen-bond donors (Lipinski definition) is 2. The maximum Gasteiger partial charge on any atom is 0.264 e.